The first-order valence-corrected chi connectivity index (χ1v) is 17.7. The van der Waals surface area contributed by atoms with E-state index in [9.17, 15) is 14.4 Å². The Bertz CT molecular complexity index is 2020. The summed E-state index contributed by atoms with van der Waals surface area (Å²) in [5.41, 5.74) is 6.30. The Balaban J connectivity index is 0.000000563. The van der Waals surface area contributed by atoms with Crippen LogP contribution in [0.3, 0.4) is 0 Å². The van der Waals surface area contributed by atoms with Gasteiger partial charge in [-0.15, -0.1) is 24.5 Å². The summed E-state index contributed by atoms with van der Waals surface area (Å²) in [6.45, 7) is 16.4. The summed E-state index contributed by atoms with van der Waals surface area (Å²) in [7, 11) is 2.00. The summed E-state index contributed by atoms with van der Waals surface area (Å²) in [5.74, 6) is -0.868. The highest BCUT2D eigenvalue weighted by Gasteiger charge is 2.29. The van der Waals surface area contributed by atoms with Crippen molar-refractivity contribution >= 4 is 60.7 Å². The van der Waals surface area contributed by atoms with Gasteiger partial charge < -0.3 is 25.2 Å². The molecule has 4 aromatic rings. The maximum Gasteiger partial charge on any atom is 0.319 e. The SMILES string of the molecule is C=CCCN(CC=C)c1nc(OC(C)CN(C)CCC)nc2c(F)c(-c3ccc(F)c4sc(N)c(C#N)c34)c(Cl)cc12.CC(=O)N1CCC1C#N. The number of carbonyl (C=O) groups excluding carboxylic acids is 1. The maximum absolute atomic E-state index is 16.7. The number of nitrogens with two attached hydrogens (primary N) is 1. The monoisotopic (exact) mass is 734 g/mol. The van der Waals surface area contributed by atoms with E-state index in [2.05, 4.69) is 30.0 Å². The van der Waals surface area contributed by atoms with E-state index in [0.717, 1.165) is 37.3 Å². The third-order valence-corrected chi connectivity index (χ3v) is 9.67. The fourth-order valence-corrected chi connectivity index (χ4v) is 7.17. The first-order chi connectivity index (χ1) is 24.4. The number of amides is 1. The molecule has 1 saturated heterocycles. The summed E-state index contributed by atoms with van der Waals surface area (Å²) in [5, 5.41) is 18.9. The second-order valence-corrected chi connectivity index (χ2v) is 13.6. The minimum atomic E-state index is -0.745. The van der Waals surface area contributed by atoms with Crippen molar-refractivity contribution < 1.29 is 18.3 Å². The Morgan fingerprint density at radius 3 is 2.59 bits per heavy atom. The third-order valence-electron chi connectivity index (χ3n) is 8.35. The normalized spacial score (nSPS) is 14.2. The molecular weight excluding hydrogens is 694 g/mol. The van der Waals surface area contributed by atoms with Gasteiger partial charge in [-0.1, -0.05) is 36.7 Å². The van der Waals surface area contributed by atoms with Crippen LogP contribution in [0.25, 0.3) is 32.1 Å². The predicted molar refractivity (Wildman–Crippen MR) is 201 cm³/mol. The van der Waals surface area contributed by atoms with Crippen LogP contribution in [0.5, 0.6) is 6.01 Å². The molecule has 2 unspecified atom stereocenters. The number of hydrogen-bond acceptors (Lipinski definition) is 10. The molecule has 268 valence electrons. The van der Waals surface area contributed by atoms with E-state index in [1.54, 1.807) is 23.1 Å². The van der Waals surface area contributed by atoms with Gasteiger partial charge in [0.05, 0.1) is 21.4 Å². The number of fused-ring (bicyclic) bond motifs is 2. The average Bonchev–Trinajstić information content (AvgIpc) is 3.40. The Morgan fingerprint density at radius 2 is 2.02 bits per heavy atom. The van der Waals surface area contributed by atoms with Gasteiger partial charge >= 0.3 is 6.01 Å². The lowest BCUT2D eigenvalue weighted by molar-refractivity contribution is -0.134. The molecule has 0 aliphatic carbocycles. The molecule has 1 aliphatic heterocycles. The van der Waals surface area contributed by atoms with Gasteiger partial charge in [0.25, 0.3) is 0 Å². The van der Waals surface area contributed by atoms with Crippen LogP contribution in [0, 0.1) is 34.3 Å². The number of nitrogen functional groups attached to an aromatic ring is 1. The van der Waals surface area contributed by atoms with Crippen LogP contribution in [0.4, 0.5) is 19.6 Å². The number of thiophene rings is 1. The molecule has 0 spiro atoms. The minimum absolute atomic E-state index is 0.00722. The predicted octanol–water partition coefficient (Wildman–Crippen LogP) is 7.71. The molecular formula is C37H41ClF2N8O2S. The molecule has 0 bridgehead atoms. The third kappa shape index (κ3) is 8.56. The molecule has 0 saturated carbocycles. The van der Waals surface area contributed by atoms with Crippen molar-refractivity contribution in [3.63, 3.8) is 0 Å². The zero-order valence-corrected chi connectivity index (χ0v) is 30.8. The number of rotatable bonds is 13. The highest BCUT2D eigenvalue weighted by Crippen LogP contribution is 2.45. The molecule has 14 heteroatoms. The molecule has 0 radical (unpaired) electrons. The van der Waals surface area contributed by atoms with Gasteiger partial charge in [0.1, 0.15) is 40.4 Å². The Labute approximate surface area is 306 Å². The van der Waals surface area contributed by atoms with Gasteiger partial charge in [0, 0.05) is 49.4 Å². The van der Waals surface area contributed by atoms with Crippen molar-refractivity contribution in [2.75, 3.05) is 50.4 Å². The first kappa shape index (κ1) is 39.0. The number of hydrogen-bond donors (Lipinski definition) is 1. The molecule has 1 fully saturated rings. The highest BCUT2D eigenvalue weighted by molar-refractivity contribution is 7.23. The number of aromatic nitrogens is 2. The van der Waals surface area contributed by atoms with E-state index in [-0.39, 0.29) is 66.4 Å². The zero-order chi connectivity index (χ0) is 37.4. The minimum Gasteiger partial charge on any atom is -0.459 e. The second-order valence-electron chi connectivity index (χ2n) is 12.2. The van der Waals surface area contributed by atoms with E-state index in [0.29, 0.717) is 37.3 Å². The van der Waals surface area contributed by atoms with Gasteiger partial charge in [-0.3, -0.25) is 4.79 Å². The summed E-state index contributed by atoms with van der Waals surface area (Å²) < 4.78 is 37.7. The number of ether oxygens (including phenoxy) is 1. The molecule has 3 heterocycles. The van der Waals surface area contributed by atoms with Crippen LogP contribution >= 0.6 is 22.9 Å². The zero-order valence-electron chi connectivity index (χ0n) is 29.2. The summed E-state index contributed by atoms with van der Waals surface area (Å²) in [6.07, 6.45) is 5.71. The number of carbonyl (C=O) groups is 1. The lowest BCUT2D eigenvalue weighted by Crippen LogP contribution is -2.49. The fourth-order valence-electron chi connectivity index (χ4n) is 5.92. The number of nitriles is 2. The molecule has 2 atom stereocenters. The molecule has 2 N–H and O–H groups in total. The van der Waals surface area contributed by atoms with Crippen molar-refractivity contribution in [2.45, 2.75) is 52.2 Å². The van der Waals surface area contributed by atoms with E-state index in [4.69, 9.17) is 32.3 Å². The molecule has 1 amide bonds. The van der Waals surface area contributed by atoms with Gasteiger partial charge in [0.15, 0.2) is 5.82 Å². The summed E-state index contributed by atoms with van der Waals surface area (Å²) in [4.78, 5) is 25.4. The van der Waals surface area contributed by atoms with Crippen molar-refractivity contribution in [3.8, 4) is 29.3 Å². The number of anilines is 2. The molecule has 5 rings (SSSR count). The Kier molecular flexibility index (Phi) is 13.3. The van der Waals surface area contributed by atoms with Crippen molar-refractivity contribution in [1.29, 1.82) is 10.5 Å². The summed E-state index contributed by atoms with van der Waals surface area (Å²) >= 11 is 7.69. The van der Waals surface area contributed by atoms with Crippen molar-refractivity contribution in [3.05, 3.63) is 65.7 Å². The maximum atomic E-state index is 16.7. The van der Waals surface area contributed by atoms with Crippen LogP contribution in [0.1, 0.15) is 45.6 Å². The van der Waals surface area contributed by atoms with Crippen LogP contribution in [0.15, 0.2) is 43.5 Å². The van der Waals surface area contributed by atoms with Gasteiger partial charge in [-0.05, 0) is 57.5 Å². The fraction of sp³-hybridized carbons (Fsp3) is 0.378. The van der Waals surface area contributed by atoms with E-state index < -0.39 is 11.6 Å². The van der Waals surface area contributed by atoms with Crippen LogP contribution in [-0.4, -0.2) is 77.6 Å². The topological polar surface area (TPSA) is 135 Å². The van der Waals surface area contributed by atoms with E-state index >= 15 is 4.39 Å². The standard InChI is InChI=1S/C31H33ClF2N6OS.C6H8N2O/c1-6-9-14-40(13-8-3)30-20-15-22(32)25(19-10-11-23(33)28-24(19)21(16-35)29(36)42-28)26(34)27(20)37-31(38-30)41-18(4)17-39(5)12-7-2;1-5(9)8-3-2-6(8)4-7/h6,8,10-11,15,18H,1,3,7,9,12-14,17,36H2,2,4-5H3;6H,2-3H2,1H3. The number of likely N-dealkylation sites (N-methyl/N-ethyl adjacent to an activating group) is 1. The first-order valence-electron chi connectivity index (χ1n) is 16.5. The number of halogens is 3. The molecule has 2 aromatic carbocycles. The number of benzene rings is 2. The Morgan fingerprint density at radius 1 is 1.27 bits per heavy atom. The molecule has 1 aliphatic rings. The van der Waals surface area contributed by atoms with E-state index in [1.165, 1.54) is 19.1 Å². The second kappa shape index (κ2) is 17.4. The molecule has 10 nitrogen and oxygen atoms in total. The van der Waals surface area contributed by atoms with Crippen LogP contribution in [-0.2, 0) is 4.79 Å². The van der Waals surface area contributed by atoms with Crippen LogP contribution in [0.2, 0.25) is 5.02 Å². The lowest BCUT2D eigenvalue weighted by atomic mass is 9.97. The van der Waals surface area contributed by atoms with E-state index in [1.807, 2.05) is 31.0 Å². The highest BCUT2D eigenvalue weighted by atomic mass is 35.5. The number of nitrogens with zero attached hydrogens (tertiary/aromatic N) is 7. The number of likely N-dealkylation sites (tertiary alicyclic amines) is 1. The van der Waals surface area contributed by atoms with Gasteiger partial charge in [-0.25, -0.2) is 8.78 Å². The van der Waals surface area contributed by atoms with Gasteiger partial charge in [0.2, 0.25) is 5.91 Å². The van der Waals surface area contributed by atoms with Crippen molar-refractivity contribution in [2.24, 2.45) is 0 Å². The van der Waals surface area contributed by atoms with Gasteiger partial charge in [-0.2, -0.15) is 20.5 Å². The largest absolute Gasteiger partial charge is 0.459 e. The summed E-state index contributed by atoms with van der Waals surface area (Å²) in [6, 6.07) is 8.14. The Hall–Kier alpha value is -4.82. The molecule has 2 aromatic heterocycles. The average molecular weight is 735 g/mol. The van der Waals surface area contributed by atoms with Crippen molar-refractivity contribution in [1.82, 2.24) is 19.8 Å². The quantitative estimate of drug-likeness (QED) is 0.137. The van der Waals surface area contributed by atoms with Crippen LogP contribution < -0.4 is 15.4 Å². The lowest BCUT2D eigenvalue weighted by Gasteiger charge is -2.35. The smallest absolute Gasteiger partial charge is 0.319 e. The molecule has 51 heavy (non-hydrogen) atoms.